The van der Waals surface area contributed by atoms with Crippen molar-refractivity contribution in [1.82, 2.24) is 10.5 Å². The number of carbonyl (C=O) groups excluding carboxylic acids is 2. The van der Waals surface area contributed by atoms with Crippen molar-refractivity contribution in [2.75, 3.05) is 0 Å². The number of aryl methyl sites for hydroxylation is 2. The van der Waals surface area contributed by atoms with Gasteiger partial charge in [0.15, 0.2) is 5.78 Å². The Balaban J connectivity index is 2.33. The Morgan fingerprint density at radius 3 is 2.12 bits per heavy atom. The fraction of sp³-hybridized carbons (Fsp3) is 0.421. The van der Waals surface area contributed by atoms with Crippen LogP contribution in [0.4, 0.5) is 0 Å². The molecule has 5 nitrogen and oxygen atoms in total. The van der Waals surface area contributed by atoms with E-state index in [1.165, 1.54) is 6.92 Å². The van der Waals surface area contributed by atoms with Crippen LogP contribution in [0.1, 0.15) is 71.5 Å². The minimum Gasteiger partial charge on any atom is -0.361 e. The number of carbonyl (C=O) groups is 2. The smallest absolute Gasteiger partial charge is 0.257 e. The molecule has 128 valence electrons. The highest BCUT2D eigenvalue weighted by molar-refractivity contribution is 5.96. The van der Waals surface area contributed by atoms with Gasteiger partial charge in [-0.2, -0.15) is 0 Å². The zero-order valence-corrected chi connectivity index (χ0v) is 15.1. The maximum Gasteiger partial charge on any atom is 0.257 e. The molecule has 1 N–H and O–H groups in total. The van der Waals surface area contributed by atoms with Crippen LogP contribution in [0.15, 0.2) is 28.8 Å². The Bertz CT molecular complexity index is 732. The van der Waals surface area contributed by atoms with Crippen LogP contribution >= 0.6 is 0 Å². The summed E-state index contributed by atoms with van der Waals surface area (Å²) in [5.41, 5.74) is 2.46. The van der Waals surface area contributed by atoms with Crippen molar-refractivity contribution in [2.24, 2.45) is 5.41 Å². The Kier molecular flexibility index (Phi) is 4.92. The van der Waals surface area contributed by atoms with E-state index < -0.39 is 0 Å². The van der Waals surface area contributed by atoms with Crippen LogP contribution in [0.5, 0.6) is 0 Å². The van der Waals surface area contributed by atoms with Gasteiger partial charge in [-0.1, -0.05) is 50.2 Å². The number of aromatic nitrogens is 1. The molecule has 1 amide bonds. The zero-order valence-electron chi connectivity index (χ0n) is 15.1. The standard InChI is InChI=1S/C19H24N2O3/c1-11-16(13(3)24-21-11)18(23)20-17(19(4,5)6)15-9-7-14(8-10-15)12(2)22/h7-10,17H,1-6H3,(H,20,23). The van der Waals surface area contributed by atoms with Gasteiger partial charge < -0.3 is 9.84 Å². The topological polar surface area (TPSA) is 72.2 Å². The van der Waals surface area contributed by atoms with Gasteiger partial charge in [0.05, 0.1) is 11.7 Å². The first-order chi connectivity index (χ1) is 11.1. The lowest BCUT2D eigenvalue weighted by atomic mass is 9.82. The van der Waals surface area contributed by atoms with Crippen molar-refractivity contribution in [1.29, 1.82) is 0 Å². The summed E-state index contributed by atoms with van der Waals surface area (Å²) in [6, 6.07) is 7.15. The van der Waals surface area contributed by atoms with Gasteiger partial charge in [-0.05, 0) is 31.7 Å². The van der Waals surface area contributed by atoms with Crippen molar-refractivity contribution >= 4 is 11.7 Å². The molecule has 0 saturated carbocycles. The highest BCUT2D eigenvalue weighted by atomic mass is 16.5. The lowest BCUT2D eigenvalue weighted by Crippen LogP contribution is -2.37. The Morgan fingerprint density at radius 2 is 1.71 bits per heavy atom. The van der Waals surface area contributed by atoms with E-state index in [4.69, 9.17) is 4.52 Å². The molecule has 24 heavy (non-hydrogen) atoms. The molecule has 0 aliphatic carbocycles. The van der Waals surface area contributed by atoms with Gasteiger partial charge in [-0.25, -0.2) is 0 Å². The molecule has 1 heterocycles. The number of nitrogens with one attached hydrogen (secondary N) is 1. The predicted molar refractivity (Wildman–Crippen MR) is 92.1 cm³/mol. The van der Waals surface area contributed by atoms with Crippen LogP contribution in [0.2, 0.25) is 0 Å². The minimum atomic E-state index is -0.209. The maximum atomic E-state index is 12.7. The van der Waals surface area contributed by atoms with Gasteiger partial charge in [0.2, 0.25) is 0 Å². The average Bonchev–Trinajstić information content (AvgIpc) is 2.82. The monoisotopic (exact) mass is 328 g/mol. The summed E-state index contributed by atoms with van der Waals surface area (Å²) in [7, 11) is 0. The van der Waals surface area contributed by atoms with E-state index in [1.807, 2.05) is 12.1 Å². The second-order valence-electron chi connectivity index (χ2n) is 7.15. The molecule has 1 aromatic carbocycles. The van der Waals surface area contributed by atoms with Crippen LogP contribution in [-0.4, -0.2) is 16.8 Å². The van der Waals surface area contributed by atoms with Crippen LogP contribution in [-0.2, 0) is 0 Å². The Morgan fingerprint density at radius 1 is 1.12 bits per heavy atom. The highest BCUT2D eigenvalue weighted by Gasteiger charge is 2.30. The Hall–Kier alpha value is -2.43. The molecule has 0 radical (unpaired) electrons. The number of hydrogen-bond donors (Lipinski definition) is 1. The lowest BCUT2D eigenvalue weighted by Gasteiger charge is -2.32. The van der Waals surface area contributed by atoms with Crippen molar-refractivity contribution in [2.45, 2.75) is 47.6 Å². The van der Waals surface area contributed by atoms with Crippen LogP contribution in [0.25, 0.3) is 0 Å². The minimum absolute atomic E-state index is 0.0219. The van der Waals surface area contributed by atoms with Gasteiger partial charge in [0.25, 0.3) is 5.91 Å². The number of benzene rings is 1. The SMILES string of the molecule is CC(=O)c1ccc(C(NC(=O)c2c(C)noc2C)C(C)(C)C)cc1. The summed E-state index contributed by atoms with van der Waals surface area (Å²) in [4.78, 5) is 24.1. The molecule has 0 spiro atoms. The van der Waals surface area contributed by atoms with E-state index >= 15 is 0 Å². The molecular formula is C19H24N2O3. The number of rotatable bonds is 4. The van der Waals surface area contributed by atoms with E-state index in [9.17, 15) is 9.59 Å². The Labute approximate surface area is 142 Å². The van der Waals surface area contributed by atoms with Crippen molar-refractivity contribution in [3.8, 4) is 0 Å². The molecule has 1 unspecified atom stereocenters. The molecule has 1 atom stereocenters. The van der Waals surface area contributed by atoms with E-state index in [2.05, 4.69) is 31.2 Å². The number of hydrogen-bond acceptors (Lipinski definition) is 4. The van der Waals surface area contributed by atoms with Crippen molar-refractivity contribution in [3.05, 3.63) is 52.4 Å². The normalized spacial score (nSPS) is 12.8. The first-order valence-corrected chi connectivity index (χ1v) is 7.96. The lowest BCUT2D eigenvalue weighted by molar-refractivity contribution is 0.0898. The van der Waals surface area contributed by atoms with Crippen LogP contribution in [0.3, 0.4) is 0 Å². The molecular weight excluding hydrogens is 304 g/mol. The molecule has 0 saturated heterocycles. The average molecular weight is 328 g/mol. The van der Waals surface area contributed by atoms with Gasteiger partial charge in [0.1, 0.15) is 11.3 Å². The highest BCUT2D eigenvalue weighted by Crippen LogP contribution is 2.33. The van der Waals surface area contributed by atoms with E-state index in [1.54, 1.807) is 26.0 Å². The third kappa shape index (κ3) is 3.72. The van der Waals surface area contributed by atoms with Gasteiger partial charge >= 0.3 is 0 Å². The largest absolute Gasteiger partial charge is 0.361 e. The number of ketones is 1. The molecule has 2 aromatic rings. The fourth-order valence-electron chi connectivity index (χ4n) is 2.72. The third-order valence-electron chi connectivity index (χ3n) is 4.05. The molecule has 0 aliphatic heterocycles. The molecule has 0 fully saturated rings. The summed E-state index contributed by atoms with van der Waals surface area (Å²) in [5, 5.41) is 6.92. The maximum absolute atomic E-state index is 12.7. The van der Waals surface area contributed by atoms with Gasteiger partial charge in [-0.15, -0.1) is 0 Å². The summed E-state index contributed by atoms with van der Waals surface area (Å²) >= 11 is 0. The summed E-state index contributed by atoms with van der Waals surface area (Å²) in [5.74, 6) is 0.319. The number of nitrogens with zero attached hydrogens (tertiary/aromatic N) is 1. The molecule has 0 aliphatic rings. The summed E-state index contributed by atoms with van der Waals surface area (Å²) in [6.45, 7) is 11.2. The van der Waals surface area contributed by atoms with Crippen LogP contribution < -0.4 is 5.32 Å². The van der Waals surface area contributed by atoms with E-state index in [0.29, 0.717) is 22.6 Å². The second kappa shape index (κ2) is 6.59. The second-order valence-corrected chi connectivity index (χ2v) is 7.15. The molecule has 5 heteroatoms. The summed E-state index contributed by atoms with van der Waals surface area (Å²) in [6.07, 6.45) is 0. The van der Waals surface area contributed by atoms with Gasteiger partial charge in [-0.3, -0.25) is 9.59 Å². The third-order valence-corrected chi connectivity index (χ3v) is 4.05. The van der Waals surface area contributed by atoms with Crippen molar-refractivity contribution in [3.63, 3.8) is 0 Å². The predicted octanol–water partition coefficient (Wildman–Crippen LogP) is 4.01. The number of amides is 1. The van der Waals surface area contributed by atoms with E-state index in [0.717, 1.165) is 5.56 Å². The summed E-state index contributed by atoms with van der Waals surface area (Å²) < 4.78 is 5.08. The molecule has 2 rings (SSSR count). The first-order valence-electron chi connectivity index (χ1n) is 7.96. The van der Waals surface area contributed by atoms with Crippen LogP contribution in [0, 0.1) is 19.3 Å². The number of Topliss-reactive ketones (excluding diaryl/α,β-unsaturated/α-hetero) is 1. The molecule has 0 bridgehead atoms. The van der Waals surface area contributed by atoms with Gasteiger partial charge in [0, 0.05) is 5.56 Å². The zero-order chi connectivity index (χ0) is 18.1. The fourth-order valence-corrected chi connectivity index (χ4v) is 2.72. The van der Waals surface area contributed by atoms with Crippen molar-refractivity contribution < 1.29 is 14.1 Å². The first kappa shape index (κ1) is 17.9. The molecule has 1 aromatic heterocycles. The quantitative estimate of drug-likeness (QED) is 0.861. The van der Waals surface area contributed by atoms with E-state index in [-0.39, 0.29) is 23.1 Å².